The monoisotopic (exact) mass is 364 g/mol. The van der Waals surface area contributed by atoms with Crippen molar-refractivity contribution in [2.75, 3.05) is 10.6 Å². The molecule has 5 heteroatoms. The quantitative estimate of drug-likeness (QED) is 0.639. The molecule has 0 aliphatic rings. The van der Waals surface area contributed by atoms with E-state index in [1.807, 2.05) is 35.7 Å². The predicted molar refractivity (Wildman–Crippen MR) is 107 cm³/mol. The number of hydrogen-bond acceptors (Lipinski definition) is 3. The lowest BCUT2D eigenvalue weighted by molar-refractivity contribution is 0.102. The molecule has 3 aromatic rings. The second-order valence-corrected chi connectivity index (χ2v) is 7.16. The van der Waals surface area contributed by atoms with Crippen molar-refractivity contribution >= 4 is 34.5 Å². The molecule has 26 heavy (non-hydrogen) atoms. The van der Waals surface area contributed by atoms with Crippen molar-refractivity contribution in [3.63, 3.8) is 0 Å². The van der Waals surface area contributed by atoms with E-state index in [9.17, 15) is 9.59 Å². The van der Waals surface area contributed by atoms with Gasteiger partial charge < -0.3 is 10.6 Å². The number of carbonyl (C=O) groups excluding carboxylic acids is 2. The van der Waals surface area contributed by atoms with Crippen molar-refractivity contribution in [3.8, 4) is 0 Å². The molecule has 0 bridgehead atoms. The topological polar surface area (TPSA) is 58.2 Å². The van der Waals surface area contributed by atoms with Crippen molar-refractivity contribution in [2.24, 2.45) is 0 Å². The van der Waals surface area contributed by atoms with Crippen LogP contribution in [0.15, 0.2) is 66.0 Å². The maximum absolute atomic E-state index is 12.7. The predicted octanol–water partition coefficient (Wildman–Crippen LogP) is 5.38. The van der Waals surface area contributed by atoms with Crippen LogP contribution < -0.4 is 10.6 Å². The first kappa shape index (κ1) is 17.9. The molecular weight excluding hydrogens is 344 g/mol. The summed E-state index contributed by atoms with van der Waals surface area (Å²) < 4.78 is 0. The molecule has 1 heterocycles. The number of para-hydroxylation sites is 1. The summed E-state index contributed by atoms with van der Waals surface area (Å²) in [5, 5.41) is 7.58. The molecule has 2 amide bonds. The molecule has 0 atom stereocenters. The van der Waals surface area contributed by atoms with Crippen LogP contribution in [0.2, 0.25) is 0 Å². The lowest BCUT2D eigenvalue weighted by atomic mass is 10.0. The molecule has 0 unspecified atom stereocenters. The smallest absolute Gasteiger partial charge is 0.265 e. The van der Waals surface area contributed by atoms with E-state index in [1.54, 1.807) is 30.3 Å². The number of benzene rings is 2. The van der Waals surface area contributed by atoms with E-state index in [-0.39, 0.29) is 11.8 Å². The molecule has 0 spiro atoms. The van der Waals surface area contributed by atoms with Crippen molar-refractivity contribution in [2.45, 2.75) is 19.8 Å². The summed E-state index contributed by atoms with van der Waals surface area (Å²) in [6.45, 7) is 4.21. The van der Waals surface area contributed by atoms with Crippen LogP contribution in [0.5, 0.6) is 0 Å². The normalized spacial score (nSPS) is 10.6. The minimum absolute atomic E-state index is 0.220. The summed E-state index contributed by atoms with van der Waals surface area (Å²) in [7, 11) is 0. The first-order valence-corrected chi connectivity index (χ1v) is 9.28. The van der Waals surface area contributed by atoms with Gasteiger partial charge in [-0.05, 0) is 47.2 Å². The van der Waals surface area contributed by atoms with E-state index in [0.717, 1.165) is 11.3 Å². The Balaban J connectivity index is 1.80. The van der Waals surface area contributed by atoms with Gasteiger partial charge in [-0.3, -0.25) is 9.59 Å². The van der Waals surface area contributed by atoms with Crippen LogP contribution in [-0.4, -0.2) is 11.8 Å². The lowest BCUT2D eigenvalue weighted by Crippen LogP contribution is -2.17. The summed E-state index contributed by atoms with van der Waals surface area (Å²) in [4.78, 5) is 25.6. The highest BCUT2D eigenvalue weighted by Crippen LogP contribution is 2.22. The Kier molecular flexibility index (Phi) is 5.49. The zero-order chi connectivity index (χ0) is 18.5. The van der Waals surface area contributed by atoms with Gasteiger partial charge in [-0.15, -0.1) is 11.3 Å². The Labute approximate surface area is 156 Å². The average Bonchev–Trinajstić information content (AvgIpc) is 3.17. The number of nitrogens with one attached hydrogen (secondary N) is 2. The fraction of sp³-hybridized carbons (Fsp3) is 0.143. The molecule has 2 N–H and O–H groups in total. The summed E-state index contributed by atoms with van der Waals surface area (Å²) >= 11 is 1.36. The van der Waals surface area contributed by atoms with E-state index in [0.29, 0.717) is 22.0 Å². The van der Waals surface area contributed by atoms with Crippen molar-refractivity contribution < 1.29 is 9.59 Å². The van der Waals surface area contributed by atoms with Gasteiger partial charge in [-0.1, -0.05) is 44.2 Å². The van der Waals surface area contributed by atoms with Crippen LogP contribution in [0, 0.1) is 0 Å². The number of hydrogen-bond donors (Lipinski definition) is 2. The van der Waals surface area contributed by atoms with Gasteiger partial charge in [-0.2, -0.15) is 0 Å². The highest BCUT2D eigenvalue weighted by atomic mass is 32.1. The molecule has 0 fully saturated rings. The third kappa shape index (κ3) is 4.18. The molecule has 1 aromatic heterocycles. The number of carbonyl (C=O) groups is 2. The van der Waals surface area contributed by atoms with Gasteiger partial charge >= 0.3 is 0 Å². The van der Waals surface area contributed by atoms with E-state index in [2.05, 4.69) is 24.5 Å². The molecule has 0 aliphatic carbocycles. The Morgan fingerprint density at radius 3 is 2.42 bits per heavy atom. The molecular formula is C21H20N2O2S. The number of rotatable bonds is 5. The highest BCUT2D eigenvalue weighted by molar-refractivity contribution is 7.12. The second-order valence-electron chi connectivity index (χ2n) is 6.21. The molecule has 0 saturated heterocycles. The molecule has 3 rings (SSSR count). The number of amides is 2. The van der Waals surface area contributed by atoms with E-state index < -0.39 is 0 Å². The molecule has 0 saturated carbocycles. The van der Waals surface area contributed by atoms with Crippen LogP contribution in [0.25, 0.3) is 0 Å². The Morgan fingerprint density at radius 2 is 1.69 bits per heavy atom. The number of thiophene rings is 1. The highest BCUT2D eigenvalue weighted by Gasteiger charge is 2.15. The molecule has 0 aliphatic heterocycles. The van der Waals surface area contributed by atoms with E-state index in [1.165, 1.54) is 11.3 Å². The molecule has 0 radical (unpaired) electrons. The molecule has 4 nitrogen and oxygen atoms in total. The SMILES string of the molecule is CC(C)c1cccc(NC(=O)c2ccccc2NC(=O)c2cccs2)c1. The van der Waals surface area contributed by atoms with Crippen LogP contribution in [-0.2, 0) is 0 Å². The van der Waals surface area contributed by atoms with Crippen LogP contribution >= 0.6 is 11.3 Å². The van der Waals surface area contributed by atoms with E-state index in [4.69, 9.17) is 0 Å². The maximum atomic E-state index is 12.7. The van der Waals surface area contributed by atoms with Crippen LogP contribution in [0.3, 0.4) is 0 Å². The van der Waals surface area contributed by atoms with Crippen molar-refractivity contribution in [3.05, 3.63) is 82.0 Å². The zero-order valence-electron chi connectivity index (χ0n) is 14.7. The van der Waals surface area contributed by atoms with Crippen LogP contribution in [0.1, 0.15) is 45.4 Å². The third-order valence-electron chi connectivity index (χ3n) is 3.98. The summed E-state index contributed by atoms with van der Waals surface area (Å²) in [6, 6.07) is 18.4. The Morgan fingerprint density at radius 1 is 0.885 bits per heavy atom. The van der Waals surface area contributed by atoms with Gasteiger partial charge in [0, 0.05) is 5.69 Å². The Hall–Kier alpha value is -2.92. The minimum atomic E-state index is -0.256. The maximum Gasteiger partial charge on any atom is 0.265 e. The number of anilines is 2. The first-order chi connectivity index (χ1) is 12.5. The average molecular weight is 364 g/mol. The third-order valence-corrected chi connectivity index (χ3v) is 4.84. The standard InChI is InChI=1S/C21H20N2O2S/c1-14(2)15-7-5-8-16(13-15)22-20(24)17-9-3-4-10-18(17)23-21(25)19-11-6-12-26-19/h3-14H,1-2H3,(H,22,24)(H,23,25). The van der Waals surface area contributed by atoms with Crippen molar-refractivity contribution in [1.29, 1.82) is 0 Å². The first-order valence-electron chi connectivity index (χ1n) is 8.40. The van der Waals surface area contributed by atoms with E-state index >= 15 is 0 Å². The minimum Gasteiger partial charge on any atom is -0.322 e. The van der Waals surface area contributed by atoms with Gasteiger partial charge in [0.05, 0.1) is 16.1 Å². The lowest BCUT2D eigenvalue weighted by Gasteiger charge is -2.12. The molecule has 132 valence electrons. The Bertz CT molecular complexity index is 917. The molecule has 2 aromatic carbocycles. The van der Waals surface area contributed by atoms with Gasteiger partial charge in [0.1, 0.15) is 0 Å². The van der Waals surface area contributed by atoms with Gasteiger partial charge in [0.15, 0.2) is 0 Å². The van der Waals surface area contributed by atoms with Crippen LogP contribution in [0.4, 0.5) is 11.4 Å². The second kappa shape index (κ2) is 7.97. The summed E-state index contributed by atoms with van der Waals surface area (Å²) in [5.41, 5.74) is 2.80. The van der Waals surface area contributed by atoms with Gasteiger partial charge in [0.2, 0.25) is 0 Å². The largest absolute Gasteiger partial charge is 0.322 e. The zero-order valence-corrected chi connectivity index (χ0v) is 15.5. The van der Waals surface area contributed by atoms with Gasteiger partial charge in [0.25, 0.3) is 11.8 Å². The summed E-state index contributed by atoms with van der Waals surface area (Å²) in [5.74, 6) is -0.0979. The summed E-state index contributed by atoms with van der Waals surface area (Å²) in [6.07, 6.45) is 0. The van der Waals surface area contributed by atoms with Crippen molar-refractivity contribution in [1.82, 2.24) is 0 Å². The fourth-order valence-electron chi connectivity index (χ4n) is 2.56. The fourth-order valence-corrected chi connectivity index (χ4v) is 3.17. The van der Waals surface area contributed by atoms with Gasteiger partial charge in [-0.25, -0.2) is 0 Å².